The Bertz CT molecular complexity index is 1230. The summed E-state index contributed by atoms with van der Waals surface area (Å²) in [5.41, 5.74) is 1.60. The molecule has 4 aromatic rings. The van der Waals surface area contributed by atoms with Gasteiger partial charge in [-0.3, -0.25) is 14.9 Å². The first-order chi connectivity index (χ1) is 14.0. The molecule has 0 aliphatic heterocycles. The first kappa shape index (κ1) is 18.4. The minimum atomic E-state index is -0.847. The Kier molecular flexibility index (Phi) is 4.82. The molecule has 0 radical (unpaired) electrons. The molecule has 0 aliphatic carbocycles. The van der Waals surface area contributed by atoms with Crippen LogP contribution >= 0.6 is 0 Å². The lowest BCUT2D eigenvalue weighted by atomic mass is 10.0. The van der Waals surface area contributed by atoms with Crippen molar-refractivity contribution in [3.8, 4) is 17.2 Å². The second-order valence-electron chi connectivity index (χ2n) is 6.46. The van der Waals surface area contributed by atoms with E-state index in [-0.39, 0.29) is 12.1 Å². The van der Waals surface area contributed by atoms with Gasteiger partial charge in [0.1, 0.15) is 11.3 Å². The Morgan fingerprint density at radius 2 is 2.03 bits per heavy atom. The van der Waals surface area contributed by atoms with Crippen molar-refractivity contribution in [3.05, 3.63) is 64.7 Å². The summed E-state index contributed by atoms with van der Waals surface area (Å²) in [6, 6.07) is 15.5. The molecule has 1 heterocycles. The summed E-state index contributed by atoms with van der Waals surface area (Å²) in [7, 11) is 0. The van der Waals surface area contributed by atoms with E-state index >= 15 is 0 Å². The molecule has 0 atom stereocenters. The van der Waals surface area contributed by atoms with E-state index in [0.29, 0.717) is 35.8 Å². The highest BCUT2D eigenvalue weighted by atomic mass is 16.6. The number of nitro benzene ring substituents is 1. The van der Waals surface area contributed by atoms with E-state index < -0.39 is 10.9 Å². The van der Waals surface area contributed by atoms with Gasteiger partial charge in [-0.25, -0.2) is 4.98 Å². The standard InChI is InChI=1S/C21H16N2O6/c24-20(25)5-2-10-28-15-7-8-16-13(11-15)3-1-4-17(16)21-22-18-9-6-14(23(26)27)12-19(18)29-21/h1,3-4,6-9,11-12H,2,5,10H2,(H,24,25). The molecule has 8 heteroatoms. The van der Waals surface area contributed by atoms with Crippen LogP contribution in [-0.4, -0.2) is 27.6 Å². The number of hydrogen-bond acceptors (Lipinski definition) is 6. The number of carboxylic acid groups (broad SMARTS) is 1. The first-order valence-electron chi connectivity index (χ1n) is 8.94. The van der Waals surface area contributed by atoms with Gasteiger partial charge in [0, 0.05) is 18.1 Å². The van der Waals surface area contributed by atoms with E-state index in [9.17, 15) is 14.9 Å². The first-order valence-corrected chi connectivity index (χ1v) is 8.94. The number of carboxylic acids is 1. The Morgan fingerprint density at radius 1 is 1.17 bits per heavy atom. The SMILES string of the molecule is O=C(O)CCCOc1ccc2c(-c3nc4ccc([N+](=O)[O-])cc4o3)cccc2c1. The smallest absolute Gasteiger partial charge is 0.303 e. The quantitative estimate of drug-likeness (QED) is 0.273. The highest BCUT2D eigenvalue weighted by Gasteiger charge is 2.15. The number of fused-ring (bicyclic) bond motifs is 2. The summed E-state index contributed by atoms with van der Waals surface area (Å²) in [6.45, 7) is 0.321. The van der Waals surface area contributed by atoms with Crippen molar-refractivity contribution in [3.63, 3.8) is 0 Å². The van der Waals surface area contributed by atoms with Gasteiger partial charge < -0.3 is 14.3 Å². The van der Waals surface area contributed by atoms with Gasteiger partial charge in [-0.05, 0) is 47.5 Å². The number of aromatic nitrogens is 1. The van der Waals surface area contributed by atoms with Crippen LogP contribution in [0.4, 0.5) is 5.69 Å². The third-order valence-corrected chi connectivity index (χ3v) is 4.47. The summed E-state index contributed by atoms with van der Waals surface area (Å²) in [5, 5.41) is 21.4. The lowest BCUT2D eigenvalue weighted by molar-refractivity contribution is -0.384. The van der Waals surface area contributed by atoms with Gasteiger partial charge in [0.25, 0.3) is 5.69 Å². The minimum absolute atomic E-state index is 0.0530. The number of aliphatic carboxylic acids is 1. The number of oxazole rings is 1. The molecular weight excluding hydrogens is 376 g/mol. The molecule has 0 saturated carbocycles. The van der Waals surface area contributed by atoms with Crippen molar-refractivity contribution in [2.45, 2.75) is 12.8 Å². The fraction of sp³-hybridized carbons (Fsp3) is 0.143. The van der Waals surface area contributed by atoms with Crippen LogP contribution in [-0.2, 0) is 4.79 Å². The normalized spacial score (nSPS) is 11.0. The molecule has 1 aromatic heterocycles. The van der Waals surface area contributed by atoms with Crippen LogP contribution in [0, 0.1) is 10.1 Å². The second kappa shape index (κ2) is 7.59. The highest BCUT2D eigenvalue weighted by Crippen LogP contribution is 2.33. The maximum Gasteiger partial charge on any atom is 0.303 e. The van der Waals surface area contributed by atoms with E-state index in [2.05, 4.69) is 4.98 Å². The van der Waals surface area contributed by atoms with Crippen molar-refractivity contribution in [1.29, 1.82) is 0 Å². The maximum absolute atomic E-state index is 11.0. The number of carbonyl (C=O) groups is 1. The summed E-state index contributed by atoms with van der Waals surface area (Å²) < 4.78 is 11.4. The largest absolute Gasteiger partial charge is 0.494 e. The summed E-state index contributed by atoms with van der Waals surface area (Å²) in [5.74, 6) is 0.176. The zero-order chi connectivity index (χ0) is 20.4. The zero-order valence-corrected chi connectivity index (χ0v) is 15.2. The summed E-state index contributed by atoms with van der Waals surface area (Å²) in [6.07, 6.45) is 0.496. The van der Waals surface area contributed by atoms with Crippen LogP contribution in [0.2, 0.25) is 0 Å². The van der Waals surface area contributed by atoms with E-state index in [4.69, 9.17) is 14.3 Å². The van der Waals surface area contributed by atoms with Crippen LogP contribution in [0.3, 0.4) is 0 Å². The molecule has 0 saturated heterocycles. The molecular formula is C21H16N2O6. The van der Waals surface area contributed by atoms with Gasteiger partial charge in [0.15, 0.2) is 5.58 Å². The van der Waals surface area contributed by atoms with Crippen molar-refractivity contribution in [1.82, 2.24) is 4.98 Å². The van der Waals surface area contributed by atoms with Crippen LogP contribution in [0.1, 0.15) is 12.8 Å². The van der Waals surface area contributed by atoms with Crippen LogP contribution in [0.5, 0.6) is 5.75 Å². The van der Waals surface area contributed by atoms with Gasteiger partial charge in [-0.2, -0.15) is 0 Å². The Hall–Kier alpha value is -3.94. The molecule has 8 nitrogen and oxygen atoms in total. The van der Waals surface area contributed by atoms with E-state index in [1.54, 1.807) is 12.1 Å². The number of rotatable bonds is 7. The van der Waals surface area contributed by atoms with Crippen LogP contribution < -0.4 is 4.74 Å². The van der Waals surface area contributed by atoms with E-state index in [1.807, 2.05) is 30.3 Å². The number of hydrogen-bond donors (Lipinski definition) is 1. The molecule has 0 amide bonds. The van der Waals surface area contributed by atoms with Crippen LogP contribution in [0.15, 0.2) is 59.0 Å². The highest BCUT2D eigenvalue weighted by molar-refractivity contribution is 5.96. The lowest BCUT2D eigenvalue weighted by Crippen LogP contribution is -2.01. The topological polar surface area (TPSA) is 116 Å². The monoisotopic (exact) mass is 392 g/mol. The molecule has 146 valence electrons. The third-order valence-electron chi connectivity index (χ3n) is 4.47. The van der Waals surface area contributed by atoms with Gasteiger partial charge >= 0.3 is 5.97 Å². The van der Waals surface area contributed by atoms with Gasteiger partial charge in [-0.15, -0.1) is 0 Å². The molecule has 29 heavy (non-hydrogen) atoms. The zero-order valence-electron chi connectivity index (χ0n) is 15.2. The lowest BCUT2D eigenvalue weighted by Gasteiger charge is -2.08. The maximum atomic E-state index is 11.0. The molecule has 0 spiro atoms. The van der Waals surface area contributed by atoms with Gasteiger partial charge in [0.2, 0.25) is 5.89 Å². The fourth-order valence-electron chi connectivity index (χ4n) is 3.09. The van der Waals surface area contributed by atoms with E-state index in [0.717, 1.165) is 16.3 Å². The molecule has 0 fully saturated rings. The summed E-state index contributed by atoms with van der Waals surface area (Å²) >= 11 is 0. The Morgan fingerprint density at radius 3 is 2.83 bits per heavy atom. The molecule has 3 aromatic carbocycles. The average molecular weight is 392 g/mol. The predicted octanol–water partition coefficient (Wildman–Crippen LogP) is 4.80. The molecule has 0 aliphatic rings. The van der Waals surface area contributed by atoms with Crippen LogP contribution in [0.25, 0.3) is 33.3 Å². The van der Waals surface area contributed by atoms with Crippen molar-refractivity contribution >= 4 is 33.5 Å². The molecule has 1 N–H and O–H groups in total. The van der Waals surface area contributed by atoms with Gasteiger partial charge in [-0.1, -0.05) is 12.1 Å². The fourth-order valence-corrected chi connectivity index (χ4v) is 3.09. The van der Waals surface area contributed by atoms with Crippen molar-refractivity contribution in [2.24, 2.45) is 0 Å². The van der Waals surface area contributed by atoms with Gasteiger partial charge in [0.05, 0.1) is 17.6 Å². The number of ether oxygens (including phenoxy) is 1. The number of non-ortho nitro benzene ring substituents is 1. The average Bonchev–Trinajstić information content (AvgIpc) is 3.13. The number of nitro groups is 1. The molecule has 4 rings (SSSR count). The number of benzene rings is 3. The Balaban J connectivity index is 1.65. The Labute approximate surface area is 164 Å². The second-order valence-corrected chi connectivity index (χ2v) is 6.46. The van der Waals surface area contributed by atoms with E-state index in [1.165, 1.54) is 12.1 Å². The molecule has 0 unspecified atom stereocenters. The predicted molar refractivity (Wildman–Crippen MR) is 106 cm³/mol. The summed E-state index contributed by atoms with van der Waals surface area (Å²) in [4.78, 5) is 25.5. The third kappa shape index (κ3) is 3.86. The number of nitrogens with zero attached hydrogens (tertiary/aromatic N) is 2. The van der Waals surface area contributed by atoms with Crippen molar-refractivity contribution < 1.29 is 24.0 Å². The minimum Gasteiger partial charge on any atom is -0.494 e. The molecule has 0 bridgehead atoms. The van der Waals surface area contributed by atoms with Crippen molar-refractivity contribution in [2.75, 3.05) is 6.61 Å².